The molecule has 0 saturated carbocycles. The molecule has 0 aromatic heterocycles. The molecule has 0 fully saturated rings. The van der Waals surface area contributed by atoms with Crippen molar-refractivity contribution in [1.82, 2.24) is 0 Å². The fourth-order valence-corrected chi connectivity index (χ4v) is 1.73. The Morgan fingerprint density at radius 1 is 1.50 bits per heavy atom. The first-order valence-corrected chi connectivity index (χ1v) is 6.16. The lowest BCUT2D eigenvalue weighted by Crippen LogP contribution is -2.40. The van der Waals surface area contributed by atoms with Gasteiger partial charge >= 0.3 is 0 Å². The first-order chi connectivity index (χ1) is 7.95. The highest BCUT2D eigenvalue weighted by atomic mass is 35.5. The van der Waals surface area contributed by atoms with Crippen molar-refractivity contribution < 1.29 is 4.79 Å². The maximum Gasteiger partial charge on any atom is 0.241 e. The minimum atomic E-state index is -0.502. The summed E-state index contributed by atoms with van der Waals surface area (Å²) in [5.74, 6) is -0.0377. The zero-order valence-electron chi connectivity index (χ0n) is 10.9. The number of carbonyl (C=O) groups is 1. The summed E-state index contributed by atoms with van der Waals surface area (Å²) < 4.78 is 0. The third-order valence-electron chi connectivity index (χ3n) is 2.94. The maximum absolute atomic E-state index is 11.9. The first-order valence-electron chi connectivity index (χ1n) is 5.78. The summed E-state index contributed by atoms with van der Waals surface area (Å²) in [7, 11) is 0. The van der Waals surface area contributed by atoms with Crippen molar-refractivity contribution in [3.8, 4) is 0 Å². The van der Waals surface area contributed by atoms with Crippen LogP contribution in [0.4, 0.5) is 5.69 Å². The zero-order valence-corrected chi connectivity index (χ0v) is 12.4. The average Bonchev–Trinajstić information content (AvgIpc) is 2.30. The summed E-state index contributed by atoms with van der Waals surface area (Å²) in [6, 6.07) is 5.00. The van der Waals surface area contributed by atoms with Gasteiger partial charge in [-0.2, -0.15) is 0 Å². The molecular formula is C13H20Cl2N2O. The molecule has 0 bridgehead atoms. The van der Waals surface area contributed by atoms with Gasteiger partial charge in [0.15, 0.2) is 0 Å². The molecule has 0 spiro atoms. The van der Waals surface area contributed by atoms with Crippen molar-refractivity contribution in [2.24, 2.45) is 11.7 Å². The largest absolute Gasteiger partial charge is 0.323 e. The SMILES string of the molecule is CCC(C)C(N)C(=O)Nc1ccc(C)cc1Cl.Cl. The van der Waals surface area contributed by atoms with Crippen molar-refractivity contribution in [3.63, 3.8) is 0 Å². The molecule has 0 radical (unpaired) electrons. The van der Waals surface area contributed by atoms with E-state index in [2.05, 4.69) is 5.32 Å². The fraction of sp³-hybridized carbons (Fsp3) is 0.462. The molecule has 2 atom stereocenters. The van der Waals surface area contributed by atoms with E-state index in [0.717, 1.165) is 12.0 Å². The molecule has 18 heavy (non-hydrogen) atoms. The van der Waals surface area contributed by atoms with Gasteiger partial charge in [0, 0.05) is 0 Å². The van der Waals surface area contributed by atoms with Crippen molar-refractivity contribution in [3.05, 3.63) is 28.8 Å². The smallest absolute Gasteiger partial charge is 0.241 e. The molecule has 0 saturated heterocycles. The molecule has 3 N–H and O–H groups in total. The average molecular weight is 291 g/mol. The van der Waals surface area contributed by atoms with E-state index in [1.165, 1.54) is 0 Å². The number of rotatable bonds is 4. The molecule has 1 aromatic rings. The Morgan fingerprint density at radius 2 is 2.11 bits per heavy atom. The van der Waals surface area contributed by atoms with E-state index in [1.54, 1.807) is 6.07 Å². The van der Waals surface area contributed by atoms with Crippen LogP contribution in [-0.2, 0) is 4.79 Å². The Labute approximate surface area is 119 Å². The Bertz CT molecular complexity index is 410. The third-order valence-corrected chi connectivity index (χ3v) is 3.25. The third kappa shape index (κ3) is 4.48. The number of amides is 1. The van der Waals surface area contributed by atoms with Crippen LogP contribution >= 0.6 is 24.0 Å². The van der Waals surface area contributed by atoms with Crippen LogP contribution in [0.3, 0.4) is 0 Å². The van der Waals surface area contributed by atoms with Gasteiger partial charge in [0.05, 0.1) is 16.8 Å². The highest BCUT2D eigenvalue weighted by molar-refractivity contribution is 6.33. The van der Waals surface area contributed by atoms with Crippen molar-refractivity contribution in [2.75, 3.05) is 5.32 Å². The predicted molar refractivity (Wildman–Crippen MR) is 79.5 cm³/mol. The number of nitrogens with two attached hydrogens (primary N) is 1. The Balaban J connectivity index is 0.00000289. The van der Waals surface area contributed by atoms with Gasteiger partial charge in [-0.3, -0.25) is 4.79 Å². The molecule has 2 unspecified atom stereocenters. The van der Waals surface area contributed by atoms with Crippen LogP contribution in [0.2, 0.25) is 5.02 Å². The van der Waals surface area contributed by atoms with E-state index >= 15 is 0 Å². The first kappa shape index (κ1) is 17.2. The molecule has 3 nitrogen and oxygen atoms in total. The molecule has 0 aliphatic heterocycles. The summed E-state index contributed by atoms with van der Waals surface area (Å²) in [5, 5.41) is 3.29. The number of hydrogen-bond acceptors (Lipinski definition) is 2. The number of anilines is 1. The molecule has 5 heteroatoms. The second kappa shape index (κ2) is 7.62. The molecule has 1 amide bonds. The number of nitrogens with one attached hydrogen (secondary N) is 1. The lowest BCUT2D eigenvalue weighted by atomic mass is 9.99. The van der Waals surface area contributed by atoms with Crippen LogP contribution in [0.25, 0.3) is 0 Å². The van der Waals surface area contributed by atoms with Gasteiger partial charge in [0.1, 0.15) is 0 Å². The van der Waals surface area contributed by atoms with E-state index < -0.39 is 6.04 Å². The quantitative estimate of drug-likeness (QED) is 0.893. The normalized spacial score (nSPS) is 13.4. The van der Waals surface area contributed by atoms with Crippen molar-refractivity contribution in [2.45, 2.75) is 33.2 Å². The highest BCUT2D eigenvalue weighted by Gasteiger charge is 2.19. The Morgan fingerprint density at radius 3 is 2.61 bits per heavy atom. The van der Waals surface area contributed by atoms with Crippen LogP contribution in [0.15, 0.2) is 18.2 Å². The number of benzene rings is 1. The number of halogens is 2. The number of carbonyl (C=O) groups excluding carboxylic acids is 1. The Kier molecular flexibility index (Phi) is 7.29. The van der Waals surface area contributed by atoms with Gasteiger partial charge in [-0.05, 0) is 30.5 Å². The van der Waals surface area contributed by atoms with Gasteiger partial charge in [-0.1, -0.05) is 37.9 Å². The molecule has 102 valence electrons. The molecule has 0 heterocycles. The van der Waals surface area contributed by atoms with E-state index in [0.29, 0.717) is 10.7 Å². The van der Waals surface area contributed by atoms with Gasteiger partial charge in [0.2, 0.25) is 5.91 Å². The van der Waals surface area contributed by atoms with Gasteiger partial charge in [-0.15, -0.1) is 12.4 Å². The second-order valence-corrected chi connectivity index (χ2v) is 4.79. The summed E-state index contributed by atoms with van der Waals surface area (Å²) in [5.41, 5.74) is 7.51. The van der Waals surface area contributed by atoms with Crippen LogP contribution < -0.4 is 11.1 Å². The molecular weight excluding hydrogens is 271 g/mol. The lowest BCUT2D eigenvalue weighted by Gasteiger charge is -2.18. The van der Waals surface area contributed by atoms with Crippen molar-refractivity contribution in [1.29, 1.82) is 0 Å². The molecule has 0 aliphatic rings. The summed E-state index contributed by atoms with van der Waals surface area (Å²) in [6.45, 7) is 5.92. The summed E-state index contributed by atoms with van der Waals surface area (Å²) in [6.07, 6.45) is 0.871. The van der Waals surface area contributed by atoms with E-state index in [9.17, 15) is 4.79 Å². The highest BCUT2D eigenvalue weighted by Crippen LogP contribution is 2.23. The predicted octanol–water partition coefficient (Wildman–Crippen LogP) is 3.38. The maximum atomic E-state index is 11.9. The number of aryl methyl sites for hydroxylation is 1. The minimum absolute atomic E-state index is 0. The minimum Gasteiger partial charge on any atom is -0.323 e. The zero-order chi connectivity index (χ0) is 13.0. The second-order valence-electron chi connectivity index (χ2n) is 4.38. The van der Waals surface area contributed by atoms with Gasteiger partial charge in [0.25, 0.3) is 0 Å². The summed E-state index contributed by atoms with van der Waals surface area (Å²) >= 11 is 6.04. The molecule has 0 aliphatic carbocycles. The van der Waals surface area contributed by atoms with Crippen LogP contribution in [0.1, 0.15) is 25.8 Å². The molecule has 1 rings (SSSR count). The Hall–Kier alpha value is -0.770. The van der Waals surface area contributed by atoms with Gasteiger partial charge in [-0.25, -0.2) is 0 Å². The van der Waals surface area contributed by atoms with E-state index in [1.807, 2.05) is 32.9 Å². The van der Waals surface area contributed by atoms with Crippen LogP contribution in [0, 0.1) is 12.8 Å². The van der Waals surface area contributed by atoms with E-state index in [-0.39, 0.29) is 24.2 Å². The van der Waals surface area contributed by atoms with Crippen LogP contribution in [-0.4, -0.2) is 11.9 Å². The standard InChI is InChI=1S/C13H19ClN2O.ClH/c1-4-9(3)12(15)13(17)16-11-6-5-8(2)7-10(11)14;/h5-7,9,12H,4,15H2,1-3H3,(H,16,17);1H. The number of hydrogen-bond donors (Lipinski definition) is 2. The summed E-state index contributed by atoms with van der Waals surface area (Å²) in [4.78, 5) is 11.9. The monoisotopic (exact) mass is 290 g/mol. The van der Waals surface area contributed by atoms with E-state index in [4.69, 9.17) is 17.3 Å². The lowest BCUT2D eigenvalue weighted by molar-refractivity contribution is -0.118. The fourth-order valence-electron chi connectivity index (χ4n) is 1.45. The van der Waals surface area contributed by atoms with Gasteiger partial charge < -0.3 is 11.1 Å². The topological polar surface area (TPSA) is 55.1 Å². The van der Waals surface area contributed by atoms with Crippen molar-refractivity contribution >= 4 is 35.6 Å². The molecule has 1 aromatic carbocycles. The van der Waals surface area contributed by atoms with Crippen LogP contribution in [0.5, 0.6) is 0 Å².